The van der Waals surface area contributed by atoms with Crippen molar-refractivity contribution in [1.82, 2.24) is 0 Å². The lowest BCUT2D eigenvalue weighted by Gasteiger charge is -2.31. The van der Waals surface area contributed by atoms with Gasteiger partial charge in [-0.1, -0.05) is 0 Å². The van der Waals surface area contributed by atoms with E-state index in [9.17, 15) is 17.6 Å². The molecular weight excluding hydrogens is 412 g/mol. The largest absolute Gasteiger partial charge is 0.489 e. The second-order valence-electron chi connectivity index (χ2n) is 7.38. The molecule has 164 valence electrons. The van der Waals surface area contributed by atoms with E-state index in [0.29, 0.717) is 43.4 Å². The van der Waals surface area contributed by atoms with Crippen LogP contribution in [0, 0.1) is 23.3 Å². The summed E-state index contributed by atoms with van der Waals surface area (Å²) in [5, 5.41) is 0. The Kier molecular flexibility index (Phi) is 6.18. The zero-order valence-corrected chi connectivity index (χ0v) is 17.0. The highest BCUT2D eigenvalue weighted by Gasteiger charge is 2.23. The van der Waals surface area contributed by atoms with Gasteiger partial charge in [-0.15, -0.1) is 0 Å². The van der Waals surface area contributed by atoms with Crippen molar-refractivity contribution in [1.29, 1.82) is 0 Å². The van der Waals surface area contributed by atoms with E-state index in [2.05, 4.69) is 0 Å². The van der Waals surface area contributed by atoms with Crippen molar-refractivity contribution in [3.8, 4) is 0 Å². The number of rotatable bonds is 5. The Morgan fingerprint density at radius 1 is 0.968 bits per heavy atom. The lowest BCUT2D eigenvalue weighted by atomic mass is 10.1. The molecule has 0 bridgehead atoms. The number of allylic oxidation sites excluding steroid dienone is 2. The molecule has 0 saturated carbocycles. The van der Waals surface area contributed by atoms with Gasteiger partial charge in [-0.2, -0.15) is 0 Å². The second kappa shape index (κ2) is 9.01. The number of anilines is 2. The van der Waals surface area contributed by atoms with Gasteiger partial charge in [0, 0.05) is 42.6 Å². The van der Waals surface area contributed by atoms with Crippen LogP contribution in [0.25, 0.3) is 0 Å². The van der Waals surface area contributed by atoms with E-state index in [0.717, 1.165) is 12.1 Å². The Balaban J connectivity index is 1.47. The maximum absolute atomic E-state index is 14.9. The van der Waals surface area contributed by atoms with E-state index >= 15 is 0 Å². The lowest BCUT2D eigenvalue weighted by molar-refractivity contribution is 0.122. The van der Waals surface area contributed by atoms with E-state index in [1.165, 1.54) is 23.1 Å². The fourth-order valence-corrected chi connectivity index (χ4v) is 3.65. The van der Waals surface area contributed by atoms with E-state index in [1.54, 1.807) is 19.1 Å². The van der Waals surface area contributed by atoms with Crippen LogP contribution >= 0.6 is 0 Å². The molecule has 1 saturated heterocycles. The normalized spacial score (nSPS) is 16.8. The number of hydrogen-bond donors (Lipinski definition) is 0. The summed E-state index contributed by atoms with van der Waals surface area (Å²) in [4.78, 5) is 3.40. The monoisotopic (exact) mass is 434 g/mol. The van der Waals surface area contributed by atoms with E-state index in [4.69, 9.17) is 9.47 Å². The fourth-order valence-electron chi connectivity index (χ4n) is 3.65. The van der Waals surface area contributed by atoms with Crippen molar-refractivity contribution >= 4 is 11.4 Å². The molecular formula is C23H22F4N2O2. The van der Waals surface area contributed by atoms with Crippen LogP contribution in [-0.4, -0.2) is 32.8 Å². The molecule has 4 nitrogen and oxygen atoms in total. The molecule has 0 aromatic heterocycles. The first-order valence-electron chi connectivity index (χ1n) is 9.97. The summed E-state index contributed by atoms with van der Waals surface area (Å²) in [6.45, 7) is 4.03. The number of hydrogen-bond acceptors (Lipinski definition) is 4. The van der Waals surface area contributed by atoms with Gasteiger partial charge in [0.25, 0.3) is 0 Å². The predicted molar refractivity (Wildman–Crippen MR) is 110 cm³/mol. The third-order valence-corrected chi connectivity index (χ3v) is 5.31. The maximum atomic E-state index is 14.9. The number of ether oxygens (including phenoxy) is 2. The quantitative estimate of drug-likeness (QED) is 0.625. The summed E-state index contributed by atoms with van der Waals surface area (Å²) in [6.07, 6.45) is 3.28. The van der Waals surface area contributed by atoms with Crippen LogP contribution in [0.2, 0.25) is 0 Å². The Hall–Kier alpha value is -3.00. The molecule has 0 atom stereocenters. The molecule has 2 aromatic carbocycles. The van der Waals surface area contributed by atoms with Crippen molar-refractivity contribution in [2.45, 2.75) is 13.5 Å². The van der Waals surface area contributed by atoms with Gasteiger partial charge in [0.15, 0.2) is 11.6 Å². The molecule has 2 aliphatic heterocycles. The Labute approximate surface area is 178 Å². The first-order valence-corrected chi connectivity index (χ1v) is 9.97. The molecule has 4 rings (SSSR count). The third-order valence-electron chi connectivity index (χ3n) is 5.31. The summed E-state index contributed by atoms with van der Waals surface area (Å²) in [5.74, 6) is -2.21. The van der Waals surface area contributed by atoms with Crippen LogP contribution in [0.4, 0.5) is 28.9 Å². The molecule has 0 radical (unpaired) electrons. The second-order valence-corrected chi connectivity index (χ2v) is 7.38. The van der Waals surface area contributed by atoms with Crippen LogP contribution in [0.15, 0.2) is 53.9 Å². The molecule has 1 fully saturated rings. The van der Waals surface area contributed by atoms with Crippen molar-refractivity contribution < 1.29 is 27.0 Å². The van der Waals surface area contributed by atoms with Crippen LogP contribution in [-0.2, 0) is 16.1 Å². The van der Waals surface area contributed by atoms with Gasteiger partial charge in [0.2, 0.25) is 0 Å². The number of halogens is 4. The average molecular weight is 434 g/mol. The summed E-state index contributed by atoms with van der Waals surface area (Å²) in [7, 11) is 0. The minimum absolute atomic E-state index is 0.0846. The van der Waals surface area contributed by atoms with Crippen LogP contribution < -0.4 is 9.80 Å². The zero-order valence-electron chi connectivity index (χ0n) is 17.0. The number of nitrogens with zero attached hydrogens (tertiary/aromatic N) is 2. The van der Waals surface area contributed by atoms with Crippen molar-refractivity contribution in [3.05, 3.63) is 82.8 Å². The summed E-state index contributed by atoms with van der Waals surface area (Å²) in [6, 6.07) is 5.95. The van der Waals surface area contributed by atoms with E-state index in [1.807, 2.05) is 4.90 Å². The molecule has 2 aliphatic rings. The van der Waals surface area contributed by atoms with Gasteiger partial charge in [-0.3, -0.25) is 0 Å². The number of benzene rings is 2. The van der Waals surface area contributed by atoms with Gasteiger partial charge < -0.3 is 19.3 Å². The lowest BCUT2D eigenvalue weighted by Crippen LogP contribution is -2.36. The topological polar surface area (TPSA) is 24.9 Å². The fraction of sp³-hybridized carbons (Fsp3) is 0.304. The first kappa shape index (κ1) is 21.2. The summed E-state index contributed by atoms with van der Waals surface area (Å²) < 4.78 is 67.4. The van der Waals surface area contributed by atoms with Crippen LogP contribution in [0.5, 0.6) is 0 Å². The average Bonchev–Trinajstić information content (AvgIpc) is 2.74. The van der Waals surface area contributed by atoms with Crippen LogP contribution in [0.3, 0.4) is 0 Å². The van der Waals surface area contributed by atoms with Crippen molar-refractivity contribution in [2.75, 3.05) is 42.6 Å². The van der Waals surface area contributed by atoms with E-state index < -0.39 is 23.3 Å². The summed E-state index contributed by atoms with van der Waals surface area (Å²) in [5.41, 5.74) is 1.15. The van der Waals surface area contributed by atoms with E-state index in [-0.39, 0.29) is 24.4 Å². The van der Waals surface area contributed by atoms with Gasteiger partial charge in [0.1, 0.15) is 29.7 Å². The first-order chi connectivity index (χ1) is 14.9. The minimum atomic E-state index is -0.691. The molecule has 2 aromatic rings. The van der Waals surface area contributed by atoms with Gasteiger partial charge in [-0.25, -0.2) is 17.6 Å². The molecule has 0 N–H and O–H groups in total. The zero-order chi connectivity index (χ0) is 22.0. The predicted octanol–water partition coefficient (Wildman–Crippen LogP) is 4.90. The summed E-state index contributed by atoms with van der Waals surface area (Å²) >= 11 is 0. The highest BCUT2D eigenvalue weighted by molar-refractivity contribution is 5.62. The molecule has 0 unspecified atom stereocenters. The molecule has 8 heteroatoms. The maximum Gasteiger partial charge on any atom is 0.151 e. The molecule has 0 aliphatic carbocycles. The van der Waals surface area contributed by atoms with Gasteiger partial charge >= 0.3 is 0 Å². The van der Waals surface area contributed by atoms with Crippen molar-refractivity contribution in [2.24, 2.45) is 0 Å². The minimum Gasteiger partial charge on any atom is -0.489 e. The van der Waals surface area contributed by atoms with Gasteiger partial charge in [-0.05, 0) is 43.3 Å². The van der Waals surface area contributed by atoms with Crippen molar-refractivity contribution in [3.63, 3.8) is 0 Å². The standard InChI is InChI=1S/C23H22F4N2O2/c1-15-10-19(31-14-16-2-3-17(24)11-20(16)25)4-5-29(15)23-21(26)12-18(13-22(23)27)28-6-8-30-9-7-28/h2-4,10-13H,5-9,14H2,1H3. The molecule has 0 spiro atoms. The Morgan fingerprint density at radius 2 is 1.68 bits per heavy atom. The number of morpholine rings is 1. The highest BCUT2D eigenvalue weighted by atomic mass is 19.1. The SMILES string of the molecule is CC1=CC(OCc2ccc(F)cc2F)=CCN1c1c(F)cc(N2CCOCC2)cc1F. The molecule has 2 heterocycles. The smallest absolute Gasteiger partial charge is 0.151 e. The highest BCUT2D eigenvalue weighted by Crippen LogP contribution is 2.33. The Morgan fingerprint density at radius 3 is 2.32 bits per heavy atom. The third kappa shape index (κ3) is 4.69. The van der Waals surface area contributed by atoms with Gasteiger partial charge in [0.05, 0.1) is 13.2 Å². The molecule has 0 amide bonds. The van der Waals surface area contributed by atoms with Crippen LogP contribution in [0.1, 0.15) is 12.5 Å². The molecule has 31 heavy (non-hydrogen) atoms. The Bertz CT molecular complexity index is 1010.